The van der Waals surface area contributed by atoms with Gasteiger partial charge in [-0.15, -0.1) is 5.10 Å². The summed E-state index contributed by atoms with van der Waals surface area (Å²) in [6.07, 6.45) is 3.21. The lowest BCUT2D eigenvalue weighted by molar-refractivity contribution is 0.552. The fourth-order valence-corrected chi connectivity index (χ4v) is 2.94. The number of anilines is 1. The molecular formula is C11H15N5O2S. The number of nitrogens with one attached hydrogen (secondary N) is 1. The van der Waals surface area contributed by atoms with Crippen LogP contribution in [0.15, 0.2) is 35.5 Å². The first-order valence-electron chi connectivity index (χ1n) is 5.69. The Balaban J connectivity index is 2.05. The Morgan fingerprint density at radius 2 is 2.21 bits per heavy atom. The minimum absolute atomic E-state index is 0.236. The fourth-order valence-electron chi connectivity index (χ4n) is 1.70. The van der Waals surface area contributed by atoms with Gasteiger partial charge in [0.05, 0.1) is 17.6 Å². The lowest BCUT2D eigenvalue weighted by Crippen LogP contribution is -2.28. The van der Waals surface area contributed by atoms with E-state index in [0.29, 0.717) is 17.8 Å². The Morgan fingerprint density at radius 1 is 1.42 bits per heavy atom. The highest BCUT2D eigenvalue weighted by Crippen LogP contribution is 2.17. The van der Waals surface area contributed by atoms with Crippen molar-refractivity contribution >= 4 is 15.7 Å². The summed E-state index contributed by atoms with van der Waals surface area (Å²) in [4.78, 5) is 0.236. The molecule has 8 heteroatoms. The summed E-state index contributed by atoms with van der Waals surface area (Å²) < 4.78 is 28.3. The molecule has 1 aromatic carbocycles. The highest BCUT2D eigenvalue weighted by molar-refractivity contribution is 7.89. The summed E-state index contributed by atoms with van der Waals surface area (Å²) in [5, 5.41) is 7.39. The van der Waals surface area contributed by atoms with E-state index in [1.54, 1.807) is 36.1 Å². The number of hydrogen-bond donors (Lipinski definition) is 2. The van der Waals surface area contributed by atoms with Gasteiger partial charge in [0.25, 0.3) is 0 Å². The van der Waals surface area contributed by atoms with E-state index in [9.17, 15) is 8.42 Å². The van der Waals surface area contributed by atoms with Gasteiger partial charge in [-0.05, 0) is 30.7 Å². The van der Waals surface area contributed by atoms with E-state index >= 15 is 0 Å². The van der Waals surface area contributed by atoms with E-state index in [-0.39, 0.29) is 11.4 Å². The second kappa shape index (κ2) is 5.37. The Hall–Kier alpha value is -1.93. The number of aryl methyl sites for hydroxylation is 1. The van der Waals surface area contributed by atoms with Gasteiger partial charge in [0.1, 0.15) is 0 Å². The van der Waals surface area contributed by atoms with Gasteiger partial charge < -0.3 is 5.73 Å². The molecule has 102 valence electrons. The molecule has 0 aliphatic carbocycles. The third-order valence-corrected chi connectivity index (χ3v) is 4.21. The van der Waals surface area contributed by atoms with Crippen LogP contribution >= 0.6 is 0 Å². The first kappa shape index (κ1) is 13.5. The third-order valence-electron chi connectivity index (χ3n) is 2.59. The second-order valence-electron chi connectivity index (χ2n) is 4.09. The number of nitrogens with two attached hydrogens (primary N) is 1. The van der Waals surface area contributed by atoms with Gasteiger partial charge in [0.2, 0.25) is 10.0 Å². The van der Waals surface area contributed by atoms with Crippen LogP contribution < -0.4 is 10.5 Å². The van der Waals surface area contributed by atoms with Crippen LogP contribution in [0.4, 0.5) is 5.69 Å². The van der Waals surface area contributed by atoms with Gasteiger partial charge in [-0.3, -0.25) is 4.68 Å². The number of rotatable bonds is 5. The minimum Gasteiger partial charge on any atom is -0.399 e. The van der Waals surface area contributed by atoms with Crippen molar-refractivity contribution in [3.05, 3.63) is 36.2 Å². The molecule has 0 bridgehead atoms. The molecule has 0 aliphatic rings. The molecule has 0 saturated heterocycles. The lowest BCUT2D eigenvalue weighted by atomic mass is 10.2. The first-order chi connectivity index (χ1) is 8.99. The normalized spacial score (nSPS) is 11.6. The Labute approximate surface area is 111 Å². The molecule has 0 saturated carbocycles. The van der Waals surface area contributed by atoms with Crippen LogP contribution in [-0.4, -0.2) is 30.0 Å². The highest BCUT2D eigenvalue weighted by atomic mass is 32.2. The van der Waals surface area contributed by atoms with E-state index in [1.807, 2.05) is 0 Å². The maximum atomic E-state index is 12.1. The fraction of sp³-hybridized carbons (Fsp3) is 0.273. The Morgan fingerprint density at radius 3 is 2.84 bits per heavy atom. The Bertz CT molecular complexity index is 652. The average molecular weight is 281 g/mol. The number of nitrogen functional groups attached to an aromatic ring is 1. The predicted octanol–water partition coefficient (Wildman–Crippen LogP) is 0.147. The van der Waals surface area contributed by atoms with Crippen molar-refractivity contribution in [2.75, 3.05) is 12.3 Å². The first-order valence-corrected chi connectivity index (χ1v) is 7.17. The van der Waals surface area contributed by atoms with Crippen LogP contribution in [0.3, 0.4) is 0 Å². The number of aromatic nitrogens is 3. The van der Waals surface area contributed by atoms with Crippen LogP contribution in [0.1, 0.15) is 5.56 Å². The van der Waals surface area contributed by atoms with Crippen molar-refractivity contribution in [1.29, 1.82) is 0 Å². The molecule has 1 heterocycles. The molecule has 2 rings (SSSR count). The van der Waals surface area contributed by atoms with Gasteiger partial charge in [0, 0.05) is 18.4 Å². The van der Waals surface area contributed by atoms with E-state index in [0.717, 1.165) is 0 Å². The molecule has 19 heavy (non-hydrogen) atoms. The average Bonchev–Trinajstić information content (AvgIpc) is 2.81. The zero-order valence-corrected chi connectivity index (χ0v) is 11.3. The summed E-state index contributed by atoms with van der Waals surface area (Å²) in [6, 6.07) is 4.70. The topological polar surface area (TPSA) is 103 Å². The summed E-state index contributed by atoms with van der Waals surface area (Å²) in [5.41, 5.74) is 6.76. The van der Waals surface area contributed by atoms with Crippen LogP contribution in [0.25, 0.3) is 0 Å². The van der Waals surface area contributed by atoms with E-state index in [2.05, 4.69) is 15.0 Å². The van der Waals surface area contributed by atoms with Crippen LogP contribution in [0, 0.1) is 6.92 Å². The van der Waals surface area contributed by atoms with Crippen molar-refractivity contribution in [3.8, 4) is 0 Å². The van der Waals surface area contributed by atoms with E-state index in [1.165, 1.54) is 6.07 Å². The van der Waals surface area contributed by atoms with Gasteiger partial charge in [-0.25, -0.2) is 13.1 Å². The SMILES string of the molecule is Cc1cc(N)ccc1S(=O)(=O)NCCn1ccnn1. The van der Waals surface area contributed by atoms with Crippen molar-refractivity contribution in [2.45, 2.75) is 18.4 Å². The van der Waals surface area contributed by atoms with Crippen LogP contribution in [-0.2, 0) is 16.6 Å². The minimum atomic E-state index is -3.53. The standard InChI is InChI=1S/C11H15N5O2S/c1-9-8-10(12)2-3-11(9)19(17,18)14-5-7-16-6-4-13-15-16/h2-4,6,8,14H,5,7,12H2,1H3. The van der Waals surface area contributed by atoms with E-state index in [4.69, 9.17) is 5.73 Å². The van der Waals surface area contributed by atoms with Crippen molar-refractivity contribution in [2.24, 2.45) is 0 Å². The molecule has 3 N–H and O–H groups in total. The summed E-state index contributed by atoms with van der Waals surface area (Å²) >= 11 is 0. The maximum Gasteiger partial charge on any atom is 0.240 e. The van der Waals surface area contributed by atoms with Gasteiger partial charge in [-0.2, -0.15) is 0 Å². The number of hydrogen-bond acceptors (Lipinski definition) is 5. The van der Waals surface area contributed by atoms with Crippen molar-refractivity contribution < 1.29 is 8.42 Å². The summed E-state index contributed by atoms with van der Waals surface area (Å²) in [7, 11) is -3.53. The molecule has 2 aromatic rings. The smallest absolute Gasteiger partial charge is 0.240 e. The number of sulfonamides is 1. The summed E-state index contributed by atoms with van der Waals surface area (Å²) in [5.74, 6) is 0. The zero-order valence-electron chi connectivity index (χ0n) is 10.4. The molecule has 0 atom stereocenters. The third kappa shape index (κ3) is 3.30. The highest BCUT2D eigenvalue weighted by Gasteiger charge is 2.16. The quantitative estimate of drug-likeness (QED) is 0.759. The lowest BCUT2D eigenvalue weighted by Gasteiger charge is -2.09. The van der Waals surface area contributed by atoms with Crippen LogP contribution in [0.2, 0.25) is 0 Å². The zero-order chi connectivity index (χ0) is 13.9. The maximum absolute atomic E-state index is 12.1. The van der Waals surface area contributed by atoms with Crippen molar-refractivity contribution in [1.82, 2.24) is 19.7 Å². The molecule has 1 aromatic heterocycles. The van der Waals surface area contributed by atoms with Crippen molar-refractivity contribution in [3.63, 3.8) is 0 Å². The largest absolute Gasteiger partial charge is 0.399 e. The molecule has 0 radical (unpaired) electrons. The number of nitrogens with zero attached hydrogens (tertiary/aromatic N) is 3. The molecule has 0 unspecified atom stereocenters. The Kier molecular flexibility index (Phi) is 3.82. The van der Waals surface area contributed by atoms with Gasteiger partial charge in [0.15, 0.2) is 0 Å². The molecular weight excluding hydrogens is 266 g/mol. The molecule has 0 fully saturated rings. The van der Waals surface area contributed by atoms with Gasteiger partial charge in [-0.1, -0.05) is 5.21 Å². The monoisotopic (exact) mass is 281 g/mol. The molecule has 0 aliphatic heterocycles. The van der Waals surface area contributed by atoms with Gasteiger partial charge >= 0.3 is 0 Å². The predicted molar refractivity (Wildman–Crippen MR) is 70.8 cm³/mol. The molecule has 0 spiro atoms. The molecule has 7 nitrogen and oxygen atoms in total. The number of benzene rings is 1. The second-order valence-corrected chi connectivity index (χ2v) is 5.82. The van der Waals surface area contributed by atoms with E-state index < -0.39 is 10.0 Å². The molecule has 0 amide bonds. The summed E-state index contributed by atoms with van der Waals surface area (Å²) in [6.45, 7) is 2.38. The van der Waals surface area contributed by atoms with Crippen LogP contribution in [0.5, 0.6) is 0 Å².